The Kier molecular flexibility index (Phi) is 4.38. The molecule has 8 nitrogen and oxygen atoms in total. The summed E-state index contributed by atoms with van der Waals surface area (Å²) >= 11 is 0. The molecule has 0 spiro atoms. The molecule has 0 amide bonds. The fourth-order valence-electron chi connectivity index (χ4n) is 3.56. The van der Waals surface area contributed by atoms with Crippen LogP contribution in [0.3, 0.4) is 0 Å². The summed E-state index contributed by atoms with van der Waals surface area (Å²) in [6, 6.07) is 6.13. The minimum Gasteiger partial charge on any atom is -0.504 e. The number of fused-ring (bicyclic) bond motifs is 4. The fourth-order valence-corrected chi connectivity index (χ4v) is 3.56. The van der Waals surface area contributed by atoms with Crippen molar-refractivity contribution in [2.24, 2.45) is 0 Å². The number of benzene rings is 2. The van der Waals surface area contributed by atoms with E-state index in [-0.39, 0.29) is 51.9 Å². The molecule has 8 heteroatoms. The number of aromatic hydroxyl groups is 1. The van der Waals surface area contributed by atoms with Gasteiger partial charge in [0.2, 0.25) is 5.43 Å². The maximum absolute atomic E-state index is 13.1. The molecule has 0 radical (unpaired) electrons. The average Bonchev–Trinajstić information content (AvgIpc) is 3.12. The molecule has 0 fully saturated rings. The summed E-state index contributed by atoms with van der Waals surface area (Å²) in [4.78, 5) is 24.2. The predicted molar refractivity (Wildman–Crippen MR) is 104 cm³/mol. The molecular formula is C21H20O8. The number of phenolic OH excluding ortho intramolecular Hbond substituents is 1. The van der Waals surface area contributed by atoms with Crippen LogP contribution < -0.4 is 14.9 Å². The molecule has 3 aromatic rings. The summed E-state index contributed by atoms with van der Waals surface area (Å²) in [7, 11) is 1.43. The van der Waals surface area contributed by atoms with E-state index in [9.17, 15) is 19.8 Å². The van der Waals surface area contributed by atoms with Crippen LogP contribution in [0.1, 0.15) is 19.4 Å². The van der Waals surface area contributed by atoms with Gasteiger partial charge in [-0.15, -0.1) is 0 Å². The van der Waals surface area contributed by atoms with Crippen LogP contribution in [0.25, 0.3) is 21.9 Å². The van der Waals surface area contributed by atoms with Crippen LogP contribution in [0.15, 0.2) is 33.5 Å². The lowest BCUT2D eigenvalue weighted by Gasteiger charge is -2.28. The smallest absolute Gasteiger partial charge is 0.302 e. The normalized spacial score (nSPS) is 17.6. The van der Waals surface area contributed by atoms with E-state index in [1.807, 2.05) is 0 Å². The molecule has 2 heterocycles. The summed E-state index contributed by atoms with van der Waals surface area (Å²) in [5.41, 5.74) is -0.952. The number of ether oxygens (including phenoxy) is 3. The van der Waals surface area contributed by atoms with Crippen molar-refractivity contribution < 1.29 is 33.6 Å². The number of carbonyl (C=O) groups is 1. The van der Waals surface area contributed by atoms with Crippen molar-refractivity contribution in [3.8, 4) is 17.2 Å². The highest BCUT2D eigenvalue weighted by atomic mass is 16.6. The Morgan fingerprint density at radius 2 is 2.10 bits per heavy atom. The van der Waals surface area contributed by atoms with Gasteiger partial charge in [-0.05, 0) is 19.1 Å². The Labute approximate surface area is 165 Å². The zero-order chi connectivity index (χ0) is 20.9. The number of carbonyl (C=O) groups excluding carboxylic acids is 1. The molecule has 1 aliphatic rings. The number of aliphatic hydroxyl groups is 1. The van der Waals surface area contributed by atoms with E-state index in [0.29, 0.717) is 11.3 Å². The van der Waals surface area contributed by atoms with Gasteiger partial charge in [0.1, 0.15) is 40.8 Å². The monoisotopic (exact) mass is 400 g/mol. The first-order valence-electron chi connectivity index (χ1n) is 9.03. The Hall–Kier alpha value is -3.26. The van der Waals surface area contributed by atoms with E-state index in [1.54, 1.807) is 18.2 Å². The molecule has 0 saturated heterocycles. The molecule has 2 atom stereocenters. The number of methoxy groups -OCH3 is 1. The van der Waals surface area contributed by atoms with Crippen LogP contribution in [-0.2, 0) is 16.0 Å². The Morgan fingerprint density at radius 1 is 1.34 bits per heavy atom. The third-order valence-corrected chi connectivity index (χ3v) is 5.12. The molecule has 0 saturated carbocycles. The minimum absolute atomic E-state index is 0.0653. The van der Waals surface area contributed by atoms with Gasteiger partial charge in [-0.3, -0.25) is 9.59 Å². The third-order valence-electron chi connectivity index (χ3n) is 5.12. The van der Waals surface area contributed by atoms with Crippen LogP contribution in [0.5, 0.6) is 17.2 Å². The van der Waals surface area contributed by atoms with Gasteiger partial charge in [-0.2, -0.15) is 0 Å². The third kappa shape index (κ3) is 3.05. The zero-order valence-corrected chi connectivity index (χ0v) is 16.1. The summed E-state index contributed by atoms with van der Waals surface area (Å²) in [6.07, 6.45) is -0.524. The first kappa shape index (κ1) is 19.1. The van der Waals surface area contributed by atoms with Gasteiger partial charge in [0.15, 0.2) is 11.3 Å². The highest BCUT2D eigenvalue weighted by molar-refractivity contribution is 5.97. The van der Waals surface area contributed by atoms with Crippen molar-refractivity contribution in [2.45, 2.75) is 32.0 Å². The van der Waals surface area contributed by atoms with Crippen molar-refractivity contribution in [3.63, 3.8) is 0 Å². The van der Waals surface area contributed by atoms with Crippen molar-refractivity contribution in [3.05, 3.63) is 40.1 Å². The highest BCUT2D eigenvalue weighted by Gasteiger charge is 2.41. The maximum Gasteiger partial charge on any atom is 0.302 e. The number of hydrogen-bond donors (Lipinski definition) is 2. The maximum atomic E-state index is 13.1. The van der Waals surface area contributed by atoms with E-state index >= 15 is 0 Å². The summed E-state index contributed by atoms with van der Waals surface area (Å²) < 4.78 is 22.1. The van der Waals surface area contributed by atoms with E-state index in [4.69, 9.17) is 18.6 Å². The van der Waals surface area contributed by atoms with Crippen LogP contribution in [0, 0.1) is 0 Å². The molecule has 2 unspecified atom stereocenters. The van der Waals surface area contributed by atoms with Crippen molar-refractivity contribution in [1.29, 1.82) is 0 Å². The number of esters is 1. The molecule has 1 aliphatic heterocycles. The molecule has 0 aliphatic carbocycles. The number of phenols is 1. The van der Waals surface area contributed by atoms with Gasteiger partial charge in [0, 0.05) is 25.0 Å². The Bertz CT molecular complexity index is 1190. The largest absolute Gasteiger partial charge is 0.504 e. The van der Waals surface area contributed by atoms with Gasteiger partial charge in [0.05, 0.1) is 12.5 Å². The first-order valence-corrected chi connectivity index (χ1v) is 9.03. The number of para-hydroxylation sites is 1. The SMILES string of the molecule is COc1cc2c(c3oc4c(O)cccc4c(=O)c13)CC(C(C)(O)COC(C)=O)O2. The van der Waals surface area contributed by atoms with Crippen molar-refractivity contribution in [1.82, 2.24) is 0 Å². The standard InChI is InChI=1S/C21H20O8/c1-10(22)27-9-21(2,25)16-7-12-14(28-16)8-15(26-3)17-18(24)11-5-4-6-13(23)19(11)29-20(12)17/h4-6,8,16,23,25H,7,9H2,1-3H3. The second-order valence-electron chi connectivity index (χ2n) is 7.29. The van der Waals surface area contributed by atoms with E-state index in [2.05, 4.69) is 0 Å². The van der Waals surface area contributed by atoms with E-state index in [1.165, 1.54) is 27.0 Å². The van der Waals surface area contributed by atoms with E-state index < -0.39 is 17.7 Å². The topological polar surface area (TPSA) is 115 Å². The second kappa shape index (κ2) is 6.66. The molecule has 2 N–H and O–H groups in total. The van der Waals surface area contributed by atoms with Crippen molar-refractivity contribution in [2.75, 3.05) is 13.7 Å². The quantitative estimate of drug-likeness (QED) is 0.506. The van der Waals surface area contributed by atoms with Crippen LogP contribution in [0.2, 0.25) is 0 Å². The molecule has 29 heavy (non-hydrogen) atoms. The van der Waals surface area contributed by atoms with Crippen molar-refractivity contribution >= 4 is 27.9 Å². The van der Waals surface area contributed by atoms with E-state index in [0.717, 1.165) is 0 Å². The zero-order valence-electron chi connectivity index (χ0n) is 16.1. The van der Waals surface area contributed by atoms with Gasteiger partial charge in [-0.1, -0.05) is 6.07 Å². The van der Waals surface area contributed by atoms with Crippen LogP contribution in [-0.4, -0.2) is 41.6 Å². The summed E-state index contributed by atoms with van der Waals surface area (Å²) in [5, 5.41) is 21.3. The average molecular weight is 400 g/mol. The van der Waals surface area contributed by atoms with Crippen LogP contribution in [0.4, 0.5) is 0 Å². The minimum atomic E-state index is -1.47. The molecule has 2 aromatic carbocycles. The lowest BCUT2D eigenvalue weighted by atomic mass is 9.95. The fraction of sp³-hybridized carbons (Fsp3) is 0.333. The molecule has 152 valence electrons. The molecule has 4 rings (SSSR count). The Morgan fingerprint density at radius 3 is 2.79 bits per heavy atom. The molecular weight excluding hydrogens is 380 g/mol. The lowest BCUT2D eigenvalue weighted by molar-refractivity contribution is -0.153. The summed E-state index contributed by atoms with van der Waals surface area (Å²) in [6.45, 7) is 2.51. The molecule has 1 aromatic heterocycles. The summed E-state index contributed by atoms with van der Waals surface area (Å²) in [5.74, 6) is -0.0189. The van der Waals surface area contributed by atoms with Gasteiger partial charge in [-0.25, -0.2) is 0 Å². The van der Waals surface area contributed by atoms with Crippen LogP contribution >= 0.6 is 0 Å². The number of hydrogen-bond acceptors (Lipinski definition) is 8. The van der Waals surface area contributed by atoms with Gasteiger partial charge < -0.3 is 28.8 Å². The highest BCUT2D eigenvalue weighted by Crippen LogP contribution is 2.43. The second-order valence-corrected chi connectivity index (χ2v) is 7.29. The first-order chi connectivity index (χ1) is 13.7. The molecule has 0 bridgehead atoms. The number of rotatable bonds is 4. The van der Waals surface area contributed by atoms with Gasteiger partial charge >= 0.3 is 5.97 Å². The lowest BCUT2D eigenvalue weighted by Crippen LogP contribution is -2.46. The predicted octanol–water partition coefficient (Wildman–Crippen LogP) is 2.28. The van der Waals surface area contributed by atoms with Gasteiger partial charge in [0.25, 0.3) is 0 Å². The Balaban J connectivity index is 1.89.